The molecule has 0 aliphatic carbocycles. The monoisotopic (exact) mass is 245 g/mol. The van der Waals surface area contributed by atoms with E-state index in [4.69, 9.17) is 5.73 Å². The van der Waals surface area contributed by atoms with Crippen LogP contribution in [0, 0.1) is 0 Å². The zero-order valence-corrected chi connectivity index (χ0v) is 8.94. The fraction of sp³-hybridized carbons (Fsp3) is 0. The molecule has 18 heavy (non-hydrogen) atoms. The highest BCUT2D eigenvalue weighted by Crippen LogP contribution is 2.13. The average molecular weight is 245 g/mol. The van der Waals surface area contributed by atoms with E-state index in [-0.39, 0.29) is 5.82 Å². The van der Waals surface area contributed by atoms with Crippen LogP contribution in [0.25, 0.3) is 11.2 Å². The van der Waals surface area contributed by atoms with Gasteiger partial charge in [0.15, 0.2) is 17.0 Å². The van der Waals surface area contributed by atoms with Crippen molar-refractivity contribution in [2.24, 2.45) is 0 Å². The molecule has 0 unspecified atom stereocenters. The molecule has 3 heterocycles. The molecule has 3 aromatic rings. The number of nitrogens with two attached hydrogens (primary N) is 1. The van der Waals surface area contributed by atoms with Crippen molar-refractivity contribution in [3.63, 3.8) is 0 Å². The van der Waals surface area contributed by atoms with Crippen molar-refractivity contribution < 1.29 is 0 Å². The first-order valence-electron chi connectivity index (χ1n) is 4.93. The number of fused-ring (bicyclic) bond motifs is 1. The van der Waals surface area contributed by atoms with Crippen LogP contribution in [0.5, 0.6) is 0 Å². The van der Waals surface area contributed by atoms with E-state index in [2.05, 4.69) is 19.9 Å². The number of hydrogen-bond donors (Lipinski definition) is 2. The summed E-state index contributed by atoms with van der Waals surface area (Å²) in [6.45, 7) is 0. The molecule has 0 radical (unpaired) electrons. The van der Waals surface area contributed by atoms with E-state index >= 15 is 0 Å². The summed E-state index contributed by atoms with van der Waals surface area (Å²) < 4.78 is 2.52. The van der Waals surface area contributed by atoms with E-state index in [0.29, 0.717) is 11.2 Å². The third-order valence-electron chi connectivity index (χ3n) is 2.38. The quantitative estimate of drug-likeness (QED) is 0.541. The van der Waals surface area contributed by atoms with Crippen LogP contribution < -0.4 is 17.0 Å². The van der Waals surface area contributed by atoms with Crippen LogP contribution in [-0.2, 0) is 0 Å². The minimum absolute atomic E-state index is 0.219. The van der Waals surface area contributed by atoms with E-state index in [1.54, 1.807) is 0 Å². The zero-order valence-electron chi connectivity index (χ0n) is 8.94. The zero-order chi connectivity index (χ0) is 12.7. The molecule has 9 nitrogen and oxygen atoms in total. The topological polar surface area (TPSA) is 124 Å². The van der Waals surface area contributed by atoms with Gasteiger partial charge in [0.1, 0.15) is 12.7 Å². The largest absolute Gasteiger partial charge is 0.382 e. The first kappa shape index (κ1) is 10.2. The van der Waals surface area contributed by atoms with Gasteiger partial charge in [0, 0.05) is 12.3 Å². The fourth-order valence-electron chi connectivity index (χ4n) is 1.58. The van der Waals surface area contributed by atoms with Crippen molar-refractivity contribution in [1.82, 2.24) is 29.3 Å². The van der Waals surface area contributed by atoms with Crippen molar-refractivity contribution in [2.45, 2.75) is 0 Å². The molecule has 3 rings (SSSR count). The number of nitrogens with zero attached hydrogens (tertiary/aromatic N) is 5. The van der Waals surface area contributed by atoms with Gasteiger partial charge in [-0.3, -0.25) is 9.78 Å². The fourth-order valence-corrected chi connectivity index (χ4v) is 1.58. The highest BCUT2D eigenvalue weighted by atomic mass is 16.2. The predicted molar refractivity (Wildman–Crippen MR) is 61.9 cm³/mol. The molecule has 90 valence electrons. The molecule has 0 amide bonds. The van der Waals surface area contributed by atoms with Crippen molar-refractivity contribution in [3.05, 3.63) is 45.8 Å². The Labute approximate surface area is 98.5 Å². The second-order valence-corrected chi connectivity index (χ2v) is 3.47. The van der Waals surface area contributed by atoms with E-state index < -0.39 is 11.2 Å². The van der Waals surface area contributed by atoms with Gasteiger partial charge in [-0.15, -0.1) is 0 Å². The van der Waals surface area contributed by atoms with Gasteiger partial charge in [0.2, 0.25) is 0 Å². The van der Waals surface area contributed by atoms with Crippen LogP contribution in [0.15, 0.2) is 34.5 Å². The maximum absolute atomic E-state index is 11.7. The highest BCUT2D eigenvalue weighted by molar-refractivity contribution is 5.81. The third-order valence-corrected chi connectivity index (χ3v) is 2.38. The third kappa shape index (κ3) is 1.38. The number of aromatic nitrogens is 6. The second-order valence-electron chi connectivity index (χ2n) is 3.47. The minimum Gasteiger partial charge on any atom is -0.382 e. The molecular weight excluding hydrogens is 238 g/mol. The second kappa shape index (κ2) is 3.52. The maximum atomic E-state index is 11.7. The molecule has 9 heteroatoms. The summed E-state index contributed by atoms with van der Waals surface area (Å²) >= 11 is 0. The number of nitrogens with one attached hydrogen (secondary N) is 1. The first-order chi connectivity index (χ1) is 8.66. The van der Waals surface area contributed by atoms with Crippen molar-refractivity contribution >= 4 is 17.0 Å². The predicted octanol–water partition coefficient (Wildman–Crippen LogP) is -1.43. The van der Waals surface area contributed by atoms with Crippen LogP contribution in [0.4, 0.5) is 5.82 Å². The number of hydrogen-bond acceptors (Lipinski definition) is 6. The number of aromatic amines is 1. The van der Waals surface area contributed by atoms with Gasteiger partial charge in [-0.25, -0.2) is 29.1 Å². The number of rotatable bonds is 1. The Balaban J connectivity index is 2.36. The molecule has 0 spiro atoms. The Morgan fingerprint density at radius 2 is 2.00 bits per heavy atom. The van der Waals surface area contributed by atoms with Gasteiger partial charge >= 0.3 is 5.69 Å². The number of anilines is 1. The van der Waals surface area contributed by atoms with Crippen LogP contribution in [0.3, 0.4) is 0 Å². The Bertz CT molecular complexity index is 844. The standard InChI is InChI=1S/C9H7N7O2/c10-7-6-8(12-3-11-7)16(4-13-6)15-2-1-5(17)14-9(15)18/h1-4H,(H2,10,11,12)(H,14,17,18). The average Bonchev–Trinajstić information content (AvgIpc) is 2.74. The molecule has 0 fully saturated rings. The lowest BCUT2D eigenvalue weighted by molar-refractivity contribution is 0.619. The summed E-state index contributed by atoms with van der Waals surface area (Å²) in [4.78, 5) is 36.6. The van der Waals surface area contributed by atoms with Crippen LogP contribution >= 0.6 is 0 Å². The van der Waals surface area contributed by atoms with Crippen molar-refractivity contribution in [2.75, 3.05) is 5.73 Å². The molecule has 0 aliphatic heterocycles. The molecule has 3 aromatic heterocycles. The van der Waals surface area contributed by atoms with Crippen molar-refractivity contribution in [1.29, 1.82) is 0 Å². The molecule has 3 N–H and O–H groups in total. The molecule has 0 saturated carbocycles. The summed E-state index contributed by atoms with van der Waals surface area (Å²) in [7, 11) is 0. The smallest absolute Gasteiger partial charge is 0.347 e. The summed E-state index contributed by atoms with van der Waals surface area (Å²) in [5.74, 6) is 0.219. The normalized spacial score (nSPS) is 10.9. The molecule has 0 bridgehead atoms. The Morgan fingerprint density at radius 1 is 1.17 bits per heavy atom. The summed E-state index contributed by atoms with van der Waals surface area (Å²) in [6, 6.07) is 1.22. The number of imidazole rings is 1. The van der Waals surface area contributed by atoms with Gasteiger partial charge in [-0.1, -0.05) is 0 Å². The summed E-state index contributed by atoms with van der Waals surface area (Å²) in [5.41, 5.74) is 5.32. The highest BCUT2D eigenvalue weighted by Gasteiger charge is 2.09. The molecular formula is C9H7N7O2. The van der Waals surface area contributed by atoms with Crippen LogP contribution in [0.1, 0.15) is 0 Å². The Morgan fingerprint density at radius 3 is 2.78 bits per heavy atom. The summed E-state index contributed by atoms with van der Waals surface area (Å²) in [5, 5.41) is 0. The van der Waals surface area contributed by atoms with Gasteiger partial charge in [-0.05, 0) is 0 Å². The Hall–Kier alpha value is -2.97. The minimum atomic E-state index is -0.598. The van der Waals surface area contributed by atoms with Crippen LogP contribution in [-0.4, -0.2) is 29.3 Å². The lowest BCUT2D eigenvalue weighted by Gasteiger charge is -2.05. The molecule has 0 aliphatic rings. The van der Waals surface area contributed by atoms with E-state index in [1.165, 1.54) is 29.6 Å². The molecule has 0 saturated heterocycles. The number of H-pyrrole nitrogens is 1. The lowest BCUT2D eigenvalue weighted by atomic mass is 10.5. The molecule has 0 atom stereocenters. The SMILES string of the molecule is Nc1ncnc2c1ncn2-n1ccc(=O)[nH]c1=O. The van der Waals surface area contributed by atoms with Gasteiger partial charge in [0.05, 0.1) is 0 Å². The number of nitrogen functional groups attached to an aromatic ring is 1. The van der Waals surface area contributed by atoms with Gasteiger partial charge in [0.25, 0.3) is 5.56 Å². The summed E-state index contributed by atoms with van der Waals surface area (Å²) in [6.07, 6.45) is 3.96. The van der Waals surface area contributed by atoms with Gasteiger partial charge in [-0.2, -0.15) is 0 Å². The van der Waals surface area contributed by atoms with E-state index in [1.807, 2.05) is 0 Å². The van der Waals surface area contributed by atoms with Gasteiger partial charge < -0.3 is 5.73 Å². The first-order valence-corrected chi connectivity index (χ1v) is 4.93. The lowest BCUT2D eigenvalue weighted by Crippen LogP contribution is -2.32. The van der Waals surface area contributed by atoms with Crippen molar-refractivity contribution in [3.8, 4) is 0 Å². The van der Waals surface area contributed by atoms with E-state index in [0.717, 1.165) is 4.68 Å². The van der Waals surface area contributed by atoms with E-state index in [9.17, 15) is 9.59 Å². The Kier molecular flexibility index (Phi) is 1.99. The maximum Gasteiger partial charge on any atom is 0.347 e. The molecule has 0 aromatic carbocycles. The van der Waals surface area contributed by atoms with Crippen LogP contribution in [0.2, 0.25) is 0 Å².